The molecule has 2 aliphatic heterocycles. The quantitative estimate of drug-likeness (QED) is 0.547. The van der Waals surface area contributed by atoms with E-state index in [1.165, 1.54) is 20.1 Å². The van der Waals surface area contributed by atoms with E-state index in [2.05, 4.69) is 51.9 Å². The first-order valence-corrected chi connectivity index (χ1v) is 6.33. The standard InChI is InChI=1S/C13H8INO/c14-9-6-8-10-3-4-11(16-10)12(8)13-7(9)2-1-5-15-13/h1-6,10-11H. The van der Waals surface area contributed by atoms with Crippen LogP contribution < -0.4 is 0 Å². The van der Waals surface area contributed by atoms with Gasteiger partial charge in [-0.25, -0.2) is 0 Å². The van der Waals surface area contributed by atoms with Crippen LogP contribution in [-0.2, 0) is 4.74 Å². The molecule has 0 aliphatic carbocycles. The van der Waals surface area contributed by atoms with Gasteiger partial charge < -0.3 is 4.74 Å². The molecule has 0 fully saturated rings. The van der Waals surface area contributed by atoms with Crippen molar-refractivity contribution in [2.75, 3.05) is 0 Å². The summed E-state index contributed by atoms with van der Waals surface area (Å²) in [6, 6.07) is 6.34. The van der Waals surface area contributed by atoms with Gasteiger partial charge in [-0.2, -0.15) is 0 Å². The fourth-order valence-corrected chi connectivity index (χ4v) is 3.34. The van der Waals surface area contributed by atoms with E-state index in [1.807, 2.05) is 12.3 Å². The van der Waals surface area contributed by atoms with E-state index in [9.17, 15) is 0 Å². The van der Waals surface area contributed by atoms with Gasteiger partial charge in [0.15, 0.2) is 0 Å². The van der Waals surface area contributed by atoms with E-state index in [0.29, 0.717) is 0 Å². The lowest BCUT2D eigenvalue weighted by molar-refractivity contribution is 0.0882. The van der Waals surface area contributed by atoms with Crippen molar-refractivity contribution in [2.24, 2.45) is 0 Å². The third-order valence-electron chi connectivity index (χ3n) is 3.26. The van der Waals surface area contributed by atoms with E-state index in [-0.39, 0.29) is 12.2 Å². The number of hydrogen-bond donors (Lipinski definition) is 0. The Balaban J connectivity index is 2.18. The fourth-order valence-electron chi connectivity index (χ4n) is 2.57. The Kier molecular flexibility index (Phi) is 1.74. The number of pyridine rings is 1. The average Bonchev–Trinajstić information content (AvgIpc) is 2.90. The number of fused-ring (bicyclic) bond motifs is 7. The monoisotopic (exact) mass is 321 g/mol. The molecule has 0 amide bonds. The molecule has 2 nitrogen and oxygen atoms in total. The highest BCUT2D eigenvalue weighted by Crippen LogP contribution is 2.48. The number of aromatic nitrogens is 1. The third-order valence-corrected chi connectivity index (χ3v) is 4.15. The van der Waals surface area contributed by atoms with E-state index in [1.54, 1.807) is 0 Å². The predicted molar refractivity (Wildman–Crippen MR) is 70.2 cm³/mol. The molecule has 0 spiro atoms. The van der Waals surface area contributed by atoms with Crippen LogP contribution in [0.3, 0.4) is 0 Å². The molecule has 3 heterocycles. The molecule has 0 radical (unpaired) electrons. The zero-order valence-corrected chi connectivity index (χ0v) is 10.5. The lowest BCUT2D eigenvalue weighted by atomic mass is 9.94. The minimum absolute atomic E-state index is 0.120. The van der Waals surface area contributed by atoms with Crippen molar-refractivity contribution >= 4 is 33.5 Å². The molecule has 0 saturated carbocycles. The minimum atomic E-state index is 0.120. The molecule has 0 N–H and O–H groups in total. The molecule has 2 aromatic rings. The van der Waals surface area contributed by atoms with Gasteiger partial charge in [0.2, 0.25) is 0 Å². The smallest absolute Gasteiger partial charge is 0.104 e. The van der Waals surface area contributed by atoms with Gasteiger partial charge in [0.25, 0.3) is 0 Å². The summed E-state index contributed by atoms with van der Waals surface area (Å²) in [7, 11) is 0. The second-order valence-corrected chi connectivity index (χ2v) is 5.29. The van der Waals surface area contributed by atoms with Crippen molar-refractivity contribution in [2.45, 2.75) is 12.2 Å². The fraction of sp³-hybridized carbons (Fsp3) is 0.154. The molecule has 0 saturated heterocycles. The van der Waals surface area contributed by atoms with Crippen LogP contribution in [0.2, 0.25) is 0 Å². The zero-order valence-electron chi connectivity index (χ0n) is 8.35. The van der Waals surface area contributed by atoms with E-state index in [0.717, 1.165) is 5.52 Å². The lowest BCUT2D eigenvalue weighted by Crippen LogP contribution is -1.97. The van der Waals surface area contributed by atoms with Crippen LogP contribution in [0.25, 0.3) is 10.9 Å². The summed E-state index contributed by atoms with van der Waals surface area (Å²) in [5.41, 5.74) is 3.66. The van der Waals surface area contributed by atoms with Crippen LogP contribution in [0.4, 0.5) is 0 Å². The first-order valence-electron chi connectivity index (χ1n) is 5.25. The maximum atomic E-state index is 5.85. The predicted octanol–water partition coefficient (Wildman–Crippen LogP) is 3.52. The highest BCUT2D eigenvalue weighted by Gasteiger charge is 2.35. The van der Waals surface area contributed by atoms with Gasteiger partial charge in [0.1, 0.15) is 12.2 Å². The lowest BCUT2D eigenvalue weighted by Gasteiger charge is -2.11. The molecule has 78 valence electrons. The Morgan fingerprint density at radius 2 is 2.12 bits per heavy atom. The van der Waals surface area contributed by atoms with Crippen molar-refractivity contribution in [3.05, 3.63) is 51.2 Å². The van der Waals surface area contributed by atoms with Crippen LogP contribution in [0.5, 0.6) is 0 Å². The van der Waals surface area contributed by atoms with Crippen LogP contribution in [0, 0.1) is 3.57 Å². The first kappa shape index (κ1) is 9.13. The van der Waals surface area contributed by atoms with Gasteiger partial charge in [-0.3, -0.25) is 4.98 Å². The molecular weight excluding hydrogens is 313 g/mol. The van der Waals surface area contributed by atoms with Crippen molar-refractivity contribution in [3.8, 4) is 0 Å². The molecule has 2 bridgehead atoms. The average molecular weight is 321 g/mol. The Hall–Kier alpha value is -0.940. The summed E-state index contributed by atoms with van der Waals surface area (Å²) in [6.07, 6.45) is 6.40. The summed E-state index contributed by atoms with van der Waals surface area (Å²) in [4.78, 5) is 4.51. The van der Waals surface area contributed by atoms with Gasteiger partial charge >= 0.3 is 0 Å². The van der Waals surface area contributed by atoms with Crippen LogP contribution in [-0.4, -0.2) is 4.98 Å². The molecule has 1 aromatic carbocycles. The van der Waals surface area contributed by atoms with Crippen LogP contribution in [0.15, 0.2) is 36.5 Å². The summed E-state index contributed by atoms with van der Waals surface area (Å²) in [5.74, 6) is 0. The SMILES string of the molecule is Ic1cc2c(c3ncccc13)C1C=CC2O1. The molecule has 4 rings (SSSR count). The number of ether oxygens (including phenoxy) is 1. The maximum Gasteiger partial charge on any atom is 0.104 e. The van der Waals surface area contributed by atoms with Gasteiger partial charge in [-0.1, -0.05) is 18.2 Å². The summed E-state index contributed by atoms with van der Waals surface area (Å²) < 4.78 is 7.11. The Labute approximate surface area is 106 Å². The van der Waals surface area contributed by atoms with E-state index in [4.69, 9.17) is 4.74 Å². The highest BCUT2D eigenvalue weighted by atomic mass is 127. The minimum Gasteiger partial charge on any atom is -0.357 e. The summed E-state index contributed by atoms with van der Waals surface area (Å²) in [6.45, 7) is 0. The molecule has 2 unspecified atom stereocenters. The van der Waals surface area contributed by atoms with Crippen molar-refractivity contribution < 1.29 is 4.74 Å². The Morgan fingerprint density at radius 1 is 1.25 bits per heavy atom. The van der Waals surface area contributed by atoms with Gasteiger partial charge in [0.05, 0.1) is 5.52 Å². The molecule has 3 heteroatoms. The zero-order chi connectivity index (χ0) is 10.7. The Bertz CT molecular complexity index is 635. The topological polar surface area (TPSA) is 22.1 Å². The van der Waals surface area contributed by atoms with E-state index >= 15 is 0 Å². The van der Waals surface area contributed by atoms with Gasteiger partial charge in [-0.15, -0.1) is 0 Å². The first-order chi connectivity index (χ1) is 7.84. The number of hydrogen-bond acceptors (Lipinski definition) is 2. The number of nitrogens with zero attached hydrogens (tertiary/aromatic N) is 1. The summed E-state index contributed by atoms with van der Waals surface area (Å²) in [5, 5.41) is 1.23. The van der Waals surface area contributed by atoms with Crippen LogP contribution >= 0.6 is 22.6 Å². The molecule has 16 heavy (non-hydrogen) atoms. The number of halogens is 1. The Morgan fingerprint density at radius 3 is 3.06 bits per heavy atom. The molecule has 1 aromatic heterocycles. The molecular formula is C13H8INO. The normalized spacial score (nSPS) is 25.3. The largest absolute Gasteiger partial charge is 0.357 e. The van der Waals surface area contributed by atoms with Crippen molar-refractivity contribution in [1.82, 2.24) is 4.98 Å². The molecule has 2 aliphatic rings. The number of rotatable bonds is 0. The van der Waals surface area contributed by atoms with Gasteiger partial charge in [-0.05, 0) is 40.3 Å². The van der Waals surface area contributed by atoms with Crippen molar-refractivity contribution in [3.63, 3.8) is 0 Å². The maximum absolute atomic E-state index is 5.85. The van der Waals surface area contributed by atoms with Gasteiger partial charge in [0, 0.05) is 20.7 Å². The molecule has 2 atom stereocenters. The second kappa shape index (κ2) is 3.05. The summed E-state index contributed by atoms with van der Waals surface area (Å²) >= 11 is 2.37. The van der Waals surface area contributed by atoms with Crippen LogP contribution in [0.1, 0.15) is 23.3 Å². The highest BCUT2D eigenvalue weighted by molar-refractivity contribution is 14.1. The van der Waals surface area contributed by atoms with E-state index < -0.39 is 0 Å². The number of benzene rings is 1. The van der Waals surface area contributed by atoms with Crippen molar-refractivity contribution in [1.29, 1.82) is 0 Å². The second-order valence-electron chi connectivity index (χ2n) is 4.12. The third kappa shape index (κ3) is 1.02.